The molecule has 98 valence electrons. The van der Waals surface area contributed by atoms with Gasteiger partial charge < -0.3 is 5.32 Å². The molecule has 0 fully saturated rings. The molecule has 0 spiro atoms. The summed E-state index contributed by atoms with van der Waals surface area (Å²) in [4.78, 5) is 0. The molecule has 0 aliphatic heterocycles. The van der Waals surface area contributed by atoms with Crippen LogP contribution in [-0.2, 0) is 6.42 Å². The van der Waals surface area contributed by atoms with Gasteiger partial charge >= 0.3 is 0 Å². The van der Waals surface area contributed by atoms with Crippen LogP contribution in [0.5, 0.6) is 0 Å². The van der Waals surface area contributed by atoms with E-state index >= 15 is 0 Å². The predicted octanol–water partition coefficient (Wildman–Crippen LogP) is 4.89. The van der Waals surface area contributed by atoms with Crippen molar-refractivity contribution in [1.82, 2.24) is 0 Å². The first-order valence-corrected chi connectivity index (χ1v) is 6.83. The molecule has 0 heterocycles. The zero-order valence-corrected chi connectivity index (χ0v) is 11.5. The predicted molar refractivity (Wildman–Crippen MR) is 77.3 cm³/mol. The van der Waals surface area contributed by atoms with E-state index in [-0.39, 0.29) is 11.9 Å². The average molecular weight is 276 g/mol. The van der Waals surface area contributed by atoms with Gasteiger partial charge in [0.05, 0.1) is 16.8 Å². The molecule has 1 unspecified atom stereocenters. The van der Waals surface area contributed by atoms with Crippen LogP contribution in [-0.4, -0.2) is 0 Å². The van der Waals surface area contributed by atoms with E-state index in [4.69, 9.17) is 11.6 Å². The number of benzene rings is 2. The summed E-state index contributed by atoms with van der Waals surface area (Å²) in [7, 11) is 0. The standard InChI is InChI=1S/C16H15ClFN/c1-10-3-2-4-14(17)16(10)19-15-8-5-11-9-12(18)6-7-13(11)15/h2-4,6-7,9,15,19H,5,8H2,1H3. The third-order valence-electron chi connectivity index (χ3n) is 3.72. The van der Waals surface area contributed by atoms with Crippen molar-refractivity contribution in [3.05, 3.63) is 63.9 Å². The Morgan fingerprint density at radius 3 is 2.89 bits per heavy atom. The topological polar surface area (TPSA) is 12.0 Å². The maximum Gasteiger partial charge on any atom is 0.123 e. The Balaban J connectivity index is 1.91. The van der Waals surface area contributed by atoms with Gasteiger partial charge in [-0.05, 0) is 54.7 Å². The van der Waals surface area contributed by atoms with Gasteiger partial charge in [0, 0.05) is 0 Å². The monoisotopic (exact) mass is 275 g/mol. The minimum atomic E-state index is -0.159. The first-order chi connectivity index (χ1) is 9.15. The van der Waals surface area contributed by atoms with Crippen molar-refractivity contribution in [1.29, 1.82) is 0 Å². The molecule has 0 aromatic heterocycles. The summed E-state index contributed by atoms with van der Waals surface area (Å²) in [6, 6.07) is 11.1. The van der Waals surface area contributed by atoms with Crippen LogP contribution in [0.4, 0.5) is 10.1 Å². The second kappa shape index (κ2) is 4.86. The third kappa shape index (κ3) is 2.33. The summed E-state index contributed by atoms with van der Waals surface area (Å²) in [5, 5.41) is 4.23. The minimum absolute atomic E-state index is 0.159. The number of rotatable bonds is 2. The molecule has 1 nitrogen and oxygen atoms in total. The average Bonchev–Trinajstić information content (AvgIpc) is 2.76. The van der Waals surface area contributed by atoms with Crippen molar-refractivity contribution in [2.45, 2.75) is 25.8 Å². The largest absolute Gasteiger partial charge is 0.377 e. The third-order valence-corrected chi connectivity index (χ3v) is 4.04. The SMILES string of the molecule is Cc1cccc(Cl)c1NC1CCc2cc(F)ccc21. The van der Waals surface area contributed by atoms with Gasteiger partial charge in [0.1, 0.15) is 5.82 Å². The van der Waals surface area contributed by atoms with E-state index < -0.39 is 0 Å². The molecular weight excluding hydrogens is 261 g/mol. The minimum Gasteiger partial charge on any atom is -0.377 e. The van der Waals surface area contributed by atoms with Gasteiger partial charge in [-0.2, -0.15) is 0 Å². The number of anilines is 1. The molecule has 19 heavy (non-hydrogen) atoms. The second-order valence-corrected chi connectivity index (χ2v) is 5.42. The number of fused-ring (bicyclic) bond motifs is 1. The Morgan fingerprint density at radius 1 is 1.26 bits per heavy atom. The summed E-state index contributed by atoms with van der Waals surface area (Å²) in [5.41, 5.74) is 4.39. The van der Waals surface area contributed by atoms with Crippen LogP contribution in [0.25, 0.3) is 0 Å². The summed E-state index contributed by atoms with van der Waals surface area (Å²) >= 11 is 6.24. The lowest BCUT2D eigenvalue weighted by molar-refractivity contribution is 0.626. The maximum absolute atomic E-state index is 13.2. The molecule has 0 radical (unpaired) electrons. The highest BCUT2D eigenvalue weighted by Gasteiger charge is 2.23. The molecule has 0 saturated carbocycles. The van der Waals surface area contributed by atoms with Crippen LogP contribution < -0.4 is 5.32 Å². The van der Waals surface area contributed by atoms with Crippen LogP contribution in [0.2, 0.25) is 5.02 Å². The first-order valence-electron chi connectivity index (χ1n) is 6.45. The number of hydrogen-bond acceptors (Lipinski definition) is 1. The van der Waals surface area contributed by atoms with E-state index in [1.807, 2.05) is 31.2 Å². The normalized spacial score (nSPS) is 17.3. The van der Waals surface area contributed by atoms with Gasteiger partial charge in [-0.3, -0.25) is 0 Å². The molecule has 0 saturated heterocycles. The van der Waals surface area contributed by atoms with Gasteiger partial charge in [0.25, 0.3) is 0 Å². The van der Waals surface area contributed by atoms with E-state index in [9.17, 15) is 4.39 Å². The van der Waals surface area contributed by atoms with E-state index in [2.05, 4.69) is 5.32 Å². The Morgan fingerprint density at radius 2 is 2.11 bits per heavy atom. The van der Waals surface area contributed by atoms with Crippen molar-refractivity contribution in [2.75, 3.05) is 5.32 Å². The summed E-state index contributed by atoms with van der Waals surface area (Å²) in [5.74, 6) is -0.159. The van der Waals surface area contributed by atoms with Crippen LogP contribution in [0, 0.1) is 12.7 Å². The summed E-state index contributed by atoms with van der Waals surface area (Å²) in [6.07, 6.45) is 1.89. The highest BCUT2D eigenvalue weighted by molar-refractivity contribution is 6.33. The fourth-order valence-electron chi connectivity index (χ4n) is 2.72. The van der Waals surface area contributed by atoms with Crippen LogP contribution in [0.1, 0.15) is 29.2 Å². The van der Waals surface area contributed by atoms with E-state index in [1.54, 1.807) is 6.07 Å². The lowest BCUT2D eigenvalue weighted by Gasteiger charge is -2.18. The summed E-state index contributed by atoms with van der Waals surface area (Å²) in [6.45, 7) is 2.04. The van der Waals surface area contributed by atoms with Gasteiger partial charge in [0.15, 0.2) is 0 Å². The van der Waals surface area contributed by atoms with E-state index in [1.165, 1.54) is 11.6 Å². The molecule has 2 aromatic carbocycles. The Hall–Kier alpha value is -1.54. The molecule has 1 atom stereocenters. The second-order valence-electron chi connectivity index (χ2n) is 5.01. The molecule has 3 rings (SSSR count). The van der Waals surface area contributed by atoms with Gasteiger partial charge in [-0.25, -0.2) is 4.39 Å². The molecule has 0 bridgehead atoms. The molecule has 3 heteroatoms. The smallest absolute Gasteiger partial charge is 0.123 e. The Kier molecular flexibility index (Phi) is 3.19. The molecule has 2 aromatic rings. The number of nitrogens with one attached hydrogen (secondary N) is 1. The van der Waals surface area contributed by atoms with Gasteiger partial charge in [-0.15, -0.1) is 0 Å². The molecule has 1 aliphatic carbocycles. The van der Waals surface area contributed by atoms with E-state index in [0.717, 1.165) is 34.7 Å². The van der Waals surface area contributed by atoms with Crippen LogP contribution in [0.3, 0.4) is 0 Å². The fraction of sp³-hybridized carbons (Fsp3) is 0.250. The fourth-order valence-corrected chi connectivity index (χ4v) is 3.00. The van der Waals surface area contributed by atoms with Crippen molar-refractivity contribution >= 4 is 17.3 Å². The Bertz CT molecular complexity index is 604. The van der Waals surface area contributed by atoms with Gasteiger partial charge in [-0.1, -0.05) is 29.8 Å². The molecular formula is C16H15ClFN. The zero-order valence-electron chi connectivity index (χ0n) is 10.7. The number of para-hydroxylation sites is 1. The van der Waals surface area contributed by atoms with Crippen molar-refractivity contribution in [3.8, 4) is 0 Å². The lowest BCUT2D eigenvalue weighted by atomic mass is 10.1. The lowest BCUT2D eigenvalue weighted by Crippen LogP contribution is -2.08. The first kappa shape index (κ1) is 12.5. The number of hydrogen-bond donors (Lipinski definition) is 1. The van der Waals surface area contributed by atoms with E-state index in [0.29, 0.717) is 0 Å². The van der Waals surface area contributed by atoms with Crippen LogP contribution in [0.15, 0.2) is 36.4 Å². The molecule has 1 N–H and O–H groups in total. The number of halogens is 2. The van der Waals surface area contributed by atoms with Crippen molar-refractivity contribution in [3.63, 3.8) is 0 Å². The van der Waals surface area contributed by atoms with Gasteiger partial charge in [0.2, 0.25) is 0 Å². The van der Waals surface area contributed by atoms with Crippen LogP contribution >= 0.6 is 11.6 Å². The maximum atomic E-state index is 13.2. The summed E-state index contributed by atoms with van der Waals surface area (Å²) < 4.78 is 13.2. The molecule has 0 amide bonds. The zero-order chi connectivity index (χ0) is 13.4. The Labute approximate surface area is 117 Å². The quantitative estimate of drug-likeness (QED) is 0.823. The highest BCUT2D eigenvalue weighted by atomic mass is 35.5. The van der Waals surface area contributed by atoms with Crippen molar-refractivity contribution in [2.24, 2.45) is 0 Å². The van der Waals surface area contributed by atoms with Crippen molar-refractivity contribution < 1.29 is 4.39 Å². The number of aryl methyl sites for hydroxylation is 2. The highest BCUT2D eigenvalue weighted by Crippen LogP contribution is 2.37. The molecule has 1 aliphatic rings.